The van der Waals surface area contributed by atoms with Crippen LogP contribution in [0.3, 0.4) is 0 Å². The Morgan fingerprint density at radius 3 is 1.88 bits per heavy atom. The van der Waals surface area contributed by atoms with Crippen molar-refractivity contribution in [3.8, 4) is 5.75 Å². The second kappa shape index (κ2) is 20.9. The van der Waals surface area contributed by atoms with Crippen molar-refractivity contribution in [2.75, 3.05) is 5.33 Å². The normalized spacial score (nSPS) is 12.6. The van der Waals surface area contributed by atoms with E-state index in [0.717, 1.165) is 43.9 Å². The number of unbranched alkanes of at least 4 members (excludes halogenated alkanes) is 9. The lowest BCUT2D eigenvalue weighted by atomic mass is 9.81. The summed E-state index contributed by atoms with van der Waals surface area (Å²) in [5.74, 6) is 0.382. The molecule has 0 aliphatic rings. The molecule has 6 nitrogen and oxygen atoms in total. The highest BCUT2D eigenvalue weighted by Crippen LogP contribution is 2.30. The van der Waals surface area contributed by atoms with Gasteiger partial charge in [0.1, 0.15) is 5.75 Å². The van der Waals surface area contributed by atoms with E-state index in [0.29, 0.717) is 11.7 Å². The van der Waals surface area contributed by atoms with Crippen LogP contribution in [0.2, 0.25) is 0 Å². The zero-order valence-electron chi connectivity index (χ0n) is 21.4. The number of nitrogens with zero attached hydrogens (tertiary/aromatic N) is 1. The maximum absolute atomic E-state index is 13.0. The Kier molecular flexibility index (Phi) is 20.0. The molecule has 0 saturated carbocycles. The van der Waals surface area contributed by atoms with Crippen LogP contribution < -0.4 is 10.9 Å². The van der Waals surface area contributed by atoms with E-state index in [1.54, 1.807) is 0 Å². The Hall–Kier alpha value is -1.47. The number of nitro benzene ring substituents is 1. The van der Waals surface area contributed by atoms with Gasteiger partial charge in [0.25, 0.3) is 5.69 Å². The molecule has 0 aliphatic carbocycles. The minimum absolute atomic E-state index is 0. The lowest BCUT2D eigenvalue weighted by Crippen LogP contribution is -2.28. The van der Waals surface area contributed by atoms with Crippen LogP contribution in [-0.2, 0) is 4.79 Å². The van der Waals surface area contributed by atoms with Crippen LogP contribution in [0.25, 0.3) is 0 Å². The van der Waals surface area contributed by atoms with Gasteiger partial charge in [-0.25, -0.2) is 0 Å². The second-order valence-corrected chi connectivity index (χ2v) is 9.92. The first-order valence-corrected chi connectivity index (χ1v) is 14.2. The lowest BCUT2D eigenvalue weighted by Gasteiger charge is -2.25. The summed E-state index contributed by atoms with van der Waals surface area (Å²) in [6.07, 6.45) is 18.0. The number of rotatable bonds is 20. The number of hydrogen-bond donors (Lipinski definition) is 1. The van der Waals surface area contributed by atoms with Crippen LogP contribution in [0.15, 0.2) is 24.3 Å². The average Bonchev–Trinajstić information content (AvgIpc) is 2.81. The SMILES string of the molecule is CCCCCCCCCCCCC(CCCBr)C(CCC)C(=O)Oc1ccc([N+](=O)[O-])cc1.N. The van der Waals surface area contributed by atoms with Gasteiger partial charge in [-0.3, -0.25) is 14.9 Å². The molecule has 2 atom stereocenters. The maximum Gasteiger partial charge on any atom is 0.314 e. The van der Waals surface area contributed by atoms with Gasteiger partial charge in [-0.05, 0) is 43.7 Å². The molecule has 0 bridgehead atoms. The fraction of sp³-hybridized carbons (Fsp3) is 0.741. The van der Waals surface area contributed by atoms with Crippen LogP contribution in [0.4, 0.5) is 5.69 Å². The summed E-state index contributed by atoms with van der Waals surface area (Å²) in [7, 11) is 0. The fourth-order valence-electron chi connectivity index (χ4n) is 4.46. The molecule has 0 saturated heterocycles. The predicted octanol–water partition coefficient (Wildman–Crippen LogP) is 9.18. The van der Waals surface area contributed by atoms with E-state index < -0.39 is 4.92 Å². The minimum atomic E-state index is -0.450. The predicted molar refractivity (Wildman–Crippen MR) is 145 cm³/mol. The smallest absolute Gasteiger partial charge is 0.314 e. The number of esters is 1. The van der Waals surface area contributed by atoms with E-state index in [2.05, 4.69) is 29.8 Å². The molecule has 0 spiro atoms. The lowest BCUT2D eigenvalue weighted by molar-refractivity contribution is -0.384. The fourth-order valence-corrected chi connectivity index (χ4v) is 4.79. The van der Waals surface area contributed by atoms with Gasteiger partial charge >= 0.3 is 5.97 Å². The number of carbonyl (C=O) groups excluding carboxylic acids is 1. The van der Waals surface area contributed by atoms with Gasteiger partial charge < -0.3 is 10.9 Å². The van der Waals surface area contributed by atoms with E-state index in [-0.39, 0.29) is 23.7 Å². The number of halogens is 1. The first-order chi connectivity index (χ1) is 16.0. The zero-order chi connectivity index (χ0) is 24.3. The minimum Gasteiger partial charge on any atom is -0.426 e. The third kappa shape index (κ3) is 14.1. The van der Waals surface area contributed by atoms with Gasteiger partial charge in [0.05, 0.1) is 10.8 Å². The number of benzene rings is 1. The van der Waals surface area contributed by atoms with Gasteiger partial charge in [0, 0.05) is 17.5 Å². The quantitative estimate of drug-likeness (QED) is 0.0441. The molecule has 0 amide bonds. The summed E-state index contributed by atoms with van der Waals surface area (Å²) in [5, 5.41) is 11.8. The number of ether oxygens (including phenoxy) is 1. The van der Waals surface area contributed by atoms with E-state index in [1.165, 1.54) is 82.1 Å². The van der Waals surface area contributed by atoms with Crippen molar-refractivity contribution in [2.45, 2.75) is 110 Å². The highest BCUT2D eigenvalue weighted by atomic mass is 79.9. The Morgan fingerprint density at radius 1 is 0.853 bits per heavy atom. The molecule has 196 valence electrons. The topological polar surface area (TPSA) is 104 Å². The van der Waals surface area contributed by atoms with Crippen LogP contribution in [-0.4, -0.2) is 16.2 Å². The molecule has 3 N–H and O–H groups in total. The molecule has 0 heterocycles. The van der Waals surface area contributed by atoms with E-state index in [4.69, 9.17) is 4.74 Å². The molecule has 0 aromatic heterocycles. The summed E-state index contributed by atoms with van der Waals surface area (Å²) < 4.78 is 5.65. The molecule has 1 rings (SSSR count). The molecule has 7 heteroatoms. The number of nitro groups is 1. The summed E-state index contributed by atoms with van der Waals surface area (Å²) >= 11 is 3.54. The average molecular weight is 544 g/mol. The second-order valence-electron chi connectivity index (χ2n) is 9.13. The maximum atomic E-state index is 13.0. The Balaban J connectivity index is 0.0000109. The zero-order valence-corrected chi connectivity index (χ0v) is 23.0. The number of hydrogen-bond acceptors (Lipinski definition) is 5. The first-order valence-electron chi connectivity index (χ1n) is 13.1. The highest BCUT2D eigenvalue weighted by molar-refractivity contribution is 9.09. The number of alkyl halides is 1. The van der Waals surface area contributed by atoms with Crippen molar-refractivity contribution in [1.29, 1.82) is 0 Å². The molecule has 1 aromatic carbocycles. The largest absolute Gasteiger partial charge is 0.426 e. The van der Waals surface area contributed by atoms with Crippen LogP contribution in [0, 0.1) is 22.0 Å². The molecular weight excluding hydrogens is 496 g/mol. The number of non-ortho nitro benzene ring substituents is 1. The van der Waals surface area contributed by atoms with Crippen LogP contribution in [0.5, 0.6) is 5.75 Å². The monoisotopic (exact) mass is 542 g/mol. The third-order valence-electron chi connectivity index (χ3n) is 6.37. The molecule has 2 unspecified atom stereocenters. The van der Waals surface area contributed by atoms with Crippen molar-refractivity contribution in [3.63, 3.8) is 0 Å². The third-order valence-corrected chi connectivity index (χ3v) is 6.94. The van der Waals surface area contributed by atoms with Crippen molar-refractivity contribution in [1.82, 2.24) is 6.15 Å². The Labute approximate surface area is 215 Å². The molecule has 0 fully saturated rings. The molecule has 0 aliphatic heterocycles. The van der Waals surface area contributed by atoms with E-state index >= 15 is 0 Å². The van der Waals surface area contributed by atoms with Gasteiger partial charge in [-0.15, -0.1) is 0 Å². The Bertz CT molecular complexity index is 655. The van der Waals surface area contributed by atoms with Gasteiger partial charge in [0.2, 0.25) is 0 Å². The van der Waals surface area contributed by atoms with Crippen molar-refractivity contribution in [2.24, 2.45) is 11.8 Å². The van der Waals surface area contributed by atoms with E-state index in [9.17, 15) is 14.9 Å². The summed E-state index contributed by atoms with van der Waals surface area (Å²) in [5.41, 5.74) is -0.00364. The van der Waals surface area contributed by atoms with Crippen molar-refractivity contribution < 1.29 is 14.5 Å². The first kappa shape index (κ1) is 32.5. The molecular formula is C27H47BrN2O4. The standard InChI is InChI=1S/C27H44BrNO4.H3N/c1-3-5-6-7-8-9-10-11-12-13-16-23(17-14-22-28)26(15-4-2)27(30)33-25-20-18-24(19-21-25)29(31)32;/h18-21,23,26H,3-17,22H2,1-2H3;1H3. The van der Waals surface area contributed by atoms with Gasteiger partial charge in [-0.1, -0.05) is 100 Å². The summed E-state index contributed by atoms with van der Waals surface area (Å²) in [6, 6.07) is 5.77. The summed E-state index contributed by atoms with van der Waals surface area (Å²) in [6.45, 7) is 4.36. The van der Waals surface area contributed by atoms with Crippen molar-refractivity contribution >= 4 is 27.6 Å². The van der Waals surface area contributed by atoms with Crippen LogP contribution in [0.1, 0.15) is 110 Å². The molecule has 34 heavy (non-hydrogen) atoms. The van der Waals surface area contributed by atoms with E-state index in [1.807, 2.05) is 0 Å². The number of carbonyl (C=O) groups is 1. The molecule has 1 aromatic rings. The Morgan fingerprint density at radius 2 is 1.38 bits per heavy atom. The van der Waals surface area contributed by atoms with Crippen molar-refractivity contribution in [3.05, 3.63) is 34.4 Å². The summed E-state index contributed by atoms with van der Waals surface area (Å²) in [4.78, 5) is 23.4. The van der Waals surface area contributed by atoms with Gasteiger partial charge in [0.15, 0.2) is 0 Å². The highest BCUT2D eigenvalue weighted by Gasteiger charge is 2.29. The van der Waals surface area contributed by atoms with Crippen LogP contribution >= 0.6 is 15.9 Å². The molecule has 0 radical (unpaired) electrons. The van der Waals surface area contributed by atoms with Gasteiger partial charge in [-0.2, -0.15) is 0 Å².